The van der Waals surface area contributed by atoms with Crippen LogP contribution in [0.2, 0.25) is 0 Å². The number of carbonyl (C=O) groups is 3. The highest BCUT2D eigenvalue weighted by Gasteiger charge is 2.32. The average Bonchev–Trinajstić information content (AvgIpc) is 3.36. The highest BCUT2D eigenvalue weighted by Crippen LogP contribution is 2.35. The monoisotopic (exact) mass is 659 g/mol. The Morgan fingerprint density at radius 2 is 1.71 bits per heavy atom. The number of amides is 3. The van der Waals surface area contributed by atoms with E-state index in [-0.39, 0.29) is 18.8 Å². The quantitative estimate of drug-likeness (QED) is 0.0922. The Morgan fingerprint density at radius 1 is 0.959 bits per heavy atom. The number of nitrogens with one attached hydrogen (secondary N) is 3. The van der Waals surface area contributed by atoms with Crippen molar-refractivity contribution in [2.75, 3.05) is 20.3 Å². The third-order valence-corrected chi connectivity index (χ3v) is 8.52. The fraction of sp³-hybridized carbons (Fsp3) is 0.211. The summed E-state index contributed by atoms with van der Waals surface area (Å²) >= 11 is 0. The molecular formula is C38H37N5O6. The van der Waals surface area contributed by atoms with E-state index in [4.69, 9.17) is 14.2 Å². The molecule has 0 unspecified atom stereocenters. The van der Waals surface area contributed by atoms with Gasteiger partial charge in [-0.05, 0) is 60.9 Å². The van der Waals surface area contributed by atoms with Crippen molar-refractivity contribution in [1.82, 2.24) is 20.6 Å². The van der Waals surface area contributed by atoms with Gasteiger partial charge in [-0.3, -0.25) is 4.79 Å². The van der Waals surface area contributed by atoms with Crippen LogP contribution in [0.4, 0.5) is 4.79 Å². The van der Waals surface area contributed by atoms with Gasteiger partial charge in [0.05, 0.1) is 31.5 Å². The van der Waals surface area contributed by atoms with Crippen LogP contribution in [0.25, 0.3) is 21.7 Å². The Morgan fingerprint density at radius 3 is 2.51 bits per heavy atom. The molecular weight excluding hydrogens is 622 g/mol. The van der Waals surface area contributed by atoms with Crippen LogP contribution >= 0.6 is 0 Å². The lowest BCUT2D eigenvalue weighted by Crippen LogP contribution is -2.45. The fourth-order valence-corrected chi connectivity index (χ4v) is 6.18. The minimum Gasteiger partial charge on any atom is -0.493 e. The number of methoxy groups -OCH3 is 1. The van der Waals surface area contributed by atoms with Crippen molar-refractivity contribution in [1.29, 1.82) is 0 Å². The van der Waals surface area contributed by atoms with E-state index in [1.165, 1.54) is 23.4 Å². The van der Waals surface area contributed by atoms with Crippen LogP contribution in [-0.2, 0) is 20.9 Å². The zero-order valence-electron chi connectivity index (χ0n) is 27.7. The first-order chi connectivity index (χ1) is 23.8. The summed E-state index contributed by atoms with van der Waals surface area (Å²) in [4.78, 5) is 37.7. The van der Waals surface area contributed by atoms with Gasteiger partial charge in [0.1, 0.15) is 0 Å². The molecule has 0 spiro atoms. The van der Waals surface area contributed by atoms with Crippen molar-refractivity contribution in [3.8, 4) is 11.5 Å². The van der Waals surface area contributed by atoms with Gasteiger partial charge in [-0.25, -0.2) is 15.0 Å². The van der Waals surface area contributed by atoms with Crippen LogP contribution in [0.15, 0.2) is 101 Å². The molecule has 5 aromatic rings. The van der Waals surface area contributed by atoms with Crippen LogP contribution in [-0.4, -0.2) is 49.0 Å². The first-order valence-corrected chi connectivity index (χ1v) is 15.9. The lowest BCUT2D eigenvalue weighted by molar-refractivity contribution is -0.139. The number of allylic oxidation sites excluding steroid dienone is 1. The van der Waals surface area contributed by atoms with Crippen LogP contribution < -0.4 is 25.5 Å². The Balaban J connectivity index is 1.15. The molecule has 11 heteroatoms. The molecule has 0 aliphatic carbocycles. The molecule has 1 aliphatic heterocycles. The maximum atomic E-state index is 12.8. The number of hydrazone groups is 1. The number of aromatic nitrogens is 1. The molecule has 3 N–H and O–H groups in total. The second-order valence-electron chi connectivity index (χ2n) is 11.5. The SMILES string of the molecule is CCOC(=O)C1=C(C)NC(=O)N[C@H]1c1ccc(OCC(=O)N/N=C/c2c(C)n(Cc3cccc4ccccc34)c3ccccc23)c(OC)c1. The minimum absolute atomic E-state index is 0.188. The van der Waals surface area contributed by atoms with Gasteiger partial charge in [0, 0.05) is 34.4 Å². The molecule has 4 aromatic carbocycles. The standard InChI is InChI=1S/C38H37N5O6/c1-5-48-37(45)35-23(2)40-38(46)41-36(35)26-17-18-32(33(19-26)47-4)49-22-34(44)42-39-20-30-24(3)43(31-16-9-8-15-29(30)31)21-27-13-10-12-25-11-6-7-14-28(25)27/h6-20,36H,5,21-22H2,1-4H3,(H,42,44)(H2,40,41,46)/b39-20+/t36-/m0/s1. The fourth-order valence-electron chi connectivity index (χ4n) is 6.18. The topological polar surface area (TPSA) is 132 Å². The Kier molecular flexibility index (Phi) is 9.61. The van der Waals surface area contributed by atoms with Crippen LogP contribution in [0, 0.1) is 6.92 Å². The summed E-state index contributed by atoms with van der Waals surface area (Å²) in [5.74, 6) is -0.389. The van der Waals surface area contributed by atoms with E-state index in [1.54, 1.807) is 38.3 Å². The van der Waals surface area contributed by atoms with E-state index >= 15 is 0 Å². The second-order valence-corrected chi connectivity index (χ2v) is 11.5. The summed E-state index contributed by atoms with van der Waals surface area (Å²) in [6.45, 7) is 5.95. The number of rotatable bonds is 11. The second kappa shape index (κ2) is 14.3. The molecule has 0 saturated heterocycles. The number of urea groups is 1. The van der Waals surface area contributed by atoms with Gasteiger partial charge < -0.3 is 29.4 Å². The molecule has 0 radical (unpaired) electrons. The molecule has 2 heterocycles. The maximum absolute atomic E-state index is 12.8. The van der Waals surface area contributed by atoms with Gasteiger partial charge in [-0.2, -0.15) is 5.10 Å². The van der Waals surface area contributed by atoms with Crippen molar-refractivity contribution < 1.29 is 28.6 Å². The lowest BCUT2D eigenvalue weighted by Gasteiger charge is -2.28. The number of ether oxygens (including phenoxy) is 3. The van der Waals surface area contributed by atoms with Crippen molar-refractivity contribution in [2.24, 2.45) is 5.10 Å². The molecule has 49 heavy (non-hydrogen) atoms. The summed E-state index contributed by atoms with van der Waals surface area (Å²) < 4.78 is 18.8. The summed E-state index contributed by atoms with van der Waals surface area (Å²) in [5, 5.41) is 13.1. The molecule has 6 rings (SSSR count). The highest BCUT2D eigenvalue weighted by molar-refractivity contribution is 6.01. The number of hydrogen-bond acceptors (Lipinski definition) is 7. The van der Waals surface area contributed by atoms with E-state index in [1.807, 2.05) is 24.3 Å². The lowest BCUT2D eigenvalue weighted by atomic mass is 9.95. The zero-order valence-corrected chi connectivity index (χ0v) is 27.7. The molecule has 1 atom stereocenters. The number of benzene rings is 4. The number of hydrogen-bond donors (Lipinski definition) is 3. The Bertz CT molecular complexity index is 2130. The predicted octanol–water partition coefficient (Wildman–Crippen LogP) is 5.88. The third kappa shape index (κ3) is 6.82. The molecule has 0 bridgehead atoms. The highest BCUT2D eigenvalue weighted by atomic mass is 16.5. The molecule has 0 saturated carbocycles. The van der Waals surface area contributed by atoms with Crippen LogP contribution in [0.3, 0.4) is 0 Å². The third-order valence-electron chi connectivity index (χ3n) is 8.52. The van der Waals surface area contributed by atoms with Gasteiger partial charge in [0.15, 0.2) is 18.1 Å². The molecule has 0 fully saturated rings. The number of fused-ring (bicyclic) bond motifs is 2. The van der Waals surface area contributed by atoms with Crippen molar-refractivity contribution in [3.63, 3.8) is 0 Å². The summed E-state index contributed by atoms with van der Waals surface area (Å²) in [5.41, 5.74) is 8.03. The van der Waals surface area contributed by atoms with Gasteiger partial charge >= 0.3 is 12.0 Å². The molecule has 3 amide bonds. The van der Waals surface area contributed by atoms with Gasteiger partial charge in [0.25, 0.3) is 5.91 Å². The minimum atomic E-state index is -0.769. The van der Waals surface area contributed by atoms with E-state index < -0.39 is 23.9 Å². The van der Waals surface area contributed by atoms with E-state index in [0.717, 1.165) is 22.2 Å². The van der Waals surface area contributed by atoms with Crippen molar-refractivity contribution in [3.05, 3.63) is 119 Å². The number of para-hydroxylation sites is 1. The maximum Gasteiger partial charge on any atom is 0.338 e. The van der Waals surface area contributed by atoms with E-state index in [9.17, 15) is 14.4 Å². The van der Waals surface area contributed by atoms with Gasteiger partial charge in [0.2, 0.25) is 0 Å². The van der Waals surface area contributed by atoms with Crippen molar-refractivity contribution in [2.45, 2.75) is 33.4 Å². The number of carbonyl (C=O) groups excluding carboxylic acids is 3. The Hall–Kier alpha value is -6.10. The number of esters is 1. The molecule has 250 valence electrons. The number of nitrogens with zero attached hydrogens (tertiary/aromatic N) is 2. The normalized spacial score (nSPS) is 14.5. The molecule has 1 aliphatic rings. The van der Waals surface area contributed by atoms with E-state index in [0.29, 0.717) is 29.3 Å². The smallest absolute Gasteiger partial charge is 0.338 e. The van der Waals surface area contributed by atoms with Gasteiger partial charge in [-0.1, -0.05) is 66.7 Å². The Labute approximate surface area is 283 Å². The average molecular weight is 660 g/mol. The first-order valence-electron chi connectivity index (χ1n) is 15.9. The summed E-state index contributed by atoms with van der Waals surface area (Å²) in [6.07, 6.45) is 1.66. The van der Waals surface area contributed by atoms with Crippen LogP contribution in [0.5, 0.6) is 11.5 Å². The summed E-state index contributed by atoms with van der Waals surface area (Å²) in [6, 6.07) is 26.6. The van der Waals surface area contributed by atoms with E-state index in [2.05, 4.69) is 75.1 Å². The summed E-state index contributed by atoms with van der Waals surface area (Å²) in [7, 11) is 1.46. The van der Waals surface area contributed by atoms with Crippen molar-refractivity contribution >= 4 is 45.8 Å². The first kappa shape index (κ1) is 32.8. The zero-order chi connectivity index (χ0) is 34.5. The predicted molar refractivity (Wildman–Crippen MR) is 188 cm³/mol. The molecule has 11 nitrogen and oxygen atoms in total. The van der Waals surface area contributed by atoms with Crippen LogP contribution in [0.1, 0.15) is 42.3 Å². The largest absolute Gasteiger partial charge is 0.493 e. The van der Waals surface area contributed by atoms with Gasteiger partial charge in [-0.15, -0.1) is 0 Å². The molecule has 1 aromatic heterocycles.